The van der Waals surface area contributed by atoms with Crippen molar-refractivity contribution in [3.8, 4) is 22.9 Å². The average Bonchev–Trinajstić information content (AvgIpc) is 3.21. The number of nitrogens with one attached hydrogen (secondary N) is 1. The van der Waals surface area contributed by atoms with E-state index >= 15 is 0 Å². The molecule has 5 rings (SSSR count). The second-order valence-corrected chi connectivity index (χ2v) is 7.37. The molecule has 7 nitrogen and oxygen atoms in total. The Kier molecular flexibility index (Phi) is 4.50. The van der Waals surface area contributed by atoms with Crippen LogP contribution in [0, 0.1) is 0 Å². The third kappa shape index (κ3) is 2.94. The molecule has 1 aliphatic carbocycles. The van der Waals surface area contributed by atoms with Crippen LogP contribution in [0.25, 0.3) is 11.4 Å². The van der Waals surface area contributed by atoms with Crippen molar-refractivity contribution in [2.75, 3.05) is 19.5 Å². The van der Waals surface area contributed by atoms with Crippen LogP contribution in [-0.4, -0.2) is 34.8 Å². The Labute approximate surface area is 174 Å². The van der Waals surface area contributed by atoms with E-state index in [1.54, 1.807) is 18.9 Å². The first-order valence-electron chi connectivity index (χ1n) is 9.96. The number of hydrogen-bond acceptors (Lipinski definition) is 6. The first kappa shape index (κ1) is 18.4. The quantitative estimate of drug-likeness (QED) is 0.711. The lowest BCUT2D eigenvalue weighted by molar-refractivity contribution is -0.116. The molecule has 3 aromatic rings. The highest BCUT2D eigenvalue weighted by atomic mass is 16.5. The second kappa shape index (κ2) is 7.33. The van der Waals surface area contributed by atoms with Crippen molar-refractivity contribution in [2.24, 2.45) is 0 Å². The van der Waals surface area contributed by atoms with Crippen molar-refractivity contribution < 1.29 is 14.3 Å². The number of para-hydroxylation sites is 1. The minimum atomic E-state index is -0.375. The zero-order valence-electron chi connectivity index (χ0n) is 16.9. The summed E-state index contributed by atoms with van der Waals surface area (Å²) in [7, 11) is 3.28. The van der Waals surface area contributed by atoms with Crippen LogP contribution in [0.1, 0.15) is 30.9 Å². The molecule has 0 amide bonds. The van der Waals surface area contributed by atoms with Crippen LogP contribution < -0.4 is 14.8 Å². The Morgan fingerprint density at radius 3 is 2.60 bits per heavy atom. The molecule has 0 saturated carbocycles. The third-order valence-corrected chi connectivity index (χ3v) is 5.65. The Morgan fingerprint density at radius 2 is 1.83 bits per heavy atom. The summed E-state index contributed by atoms with van der Waals surface area (Å²) < 4.78 is 12.7. The zero-order valence-corrected chi connectivity index (χ0v) is 16.9. The predicted molar refractivity (Wildman–Crippen MR) is 113 cm³/mol. The number of methoxy groups -OCH3 is 2. The van der Waals surface area contributed by atoms with E-state index in [-0.39, 0.29) is 11.8 Å². The molecule has 30 heavy (non-hydrogen) atoms. The van der Waals surface area contributed by atoms with Gasteiger partial charge in [-0.05, 0) is 43.2 Å². The standard InChI is InChI=1S/C23H22N4O3/c1-29-15-12-10-14(11-13-15)22-25-23-24-17-7-5-8-18(28)20(17)21(27(23)26-22)16-6-3-4-9-19(16)30-2/h3-4,6,9-13,21H,5,7-8H2,1-2H3,(H,24,25,26)/t21-/m0/s1. The monoisotopic (exact) mass is 402 g/mol. The number of aromatic nitrogens is 3. The largest absolute Gasteiger partial charge is 0.497 e. The van der Waals surface area contributed by atoms with Crippen LogP contribution in [0.2, 0.25) is 0 Å². The Hall–Kier alpha value is -3.61. The van der Waals surface area contributed by atoms with Gasteiger partial charge in [0.15, 0.2) is 11.6 Å². The molecule has 0 spiro atoms. The first-order chi connectivity index (χ1) is 14.7. The van der Waals surface area contributed by atoms with Gasteiger partial charge in [-0.2, -0.15) is 4.98 Å². The normalized spacial score (nSPS) is 17.8. The summed E-state index contributed by atoms with van der Waals surface area (Å²) in [6.07, 6.45) is 2.20. The number of fused-ring (bicyclic) bond motifs is 1. The highest BCUT2D eigenvalue weighted by Gasteiger charge is 2.38. The van der Waals surface area contributed by atoms with Gasteiger partial charge in [-0.1, -0.05) is 18.2 Å². The average molecular weight is 402 g/mol. The van der Waals surface area contributed by atoms with Crippen molar-refractivity contribution in [2.45, 2.75) is 25.3 Å². The minimum absolute atomic E-state index is 0.145. The molecule has 1 aliphatic heterocycles. The van der Waals surface area contributed by atoms with Crippen molar-refractivity contribution in [1.82, 2.24) is 14.8 Å². The summed E-state index contributed by atoms with van der Waals surface area (Å²) in [5.74, 6) is 2.86. The molecule has 0 unspecified atom stereocenters. The zero-order chi connectivity index (χ0) is 20.7. The molecular formula is C23H22N4O3. The highest BCUT2D eigenvalue weighted by molar-refractivity contribution is 5.99. The third-order valence-electron chi connectivity index (χ3n) is 5.65. The molecule has 2 heterocycles. The number of allylic oxidation sites excluding steroid dienone is 2. The van der Waals surface area contributed by atoms with Crippen LogP contribution in [0.5, 0.6) is 11.5 Å². The van der Waals surface area contributed by atoms with Gasteiger partial charge in [0.1, 0.15) is 17.5 Å². The van der Waals surface area contributed by atoms with Crippen molar-refractivity contribution in [1.29, 1.82) is 0 Å². The summed E-state index contributed by atoms with van der Waals surface area (Å²) in [5, 5.41) is 8.16. The van der Waals surface area contributed by atoms with Gasteiger partial charge in [0.2, 0.25) is 5.95 Å². The molecule has 0 saturated heterocycles. The van der Waals surface area contributed by atoms with Gasteiger partial charge >= 0.3 is 0 Å². The molecule has 1 aromatic heterocycles. The number of anilines is 1. The summed E-state index contributed by atoms with van der Waals surface area (Å²) in [5.41, 5.74) is 3.46. The highest BCUT2D eigenvalue weighted by Crippen LogP contribution is 2.43. The Morgan fingerprint density at radius 1 is 1.03 bits per heavy atom. The van der Waals surface area contributed by atoms with Gasteiger partial charge in [0, 0.05) is 28.8 Å². The molecular weight excluding hydrogens is 380 g/mol. The lowest BCUT2D eigenvalue weighted by Gasteiger charge is -2.32. The lowest BCUT2D eigenvalue weighted by atomic mass is 9.85. The van der Waals surface area contributed by atoms with E-state index in [1.807, 2.05) is 48.5 Å². The van der Waals surface area contributed by atoms with E-state index in [4.69, 9.17) is 19.6 Å². The van der Waals surface area contributed by atoms with E-state index in [0.717, 1.165) is 46.7 Å². The predicted octanol–water partition coefficient (Wildman–Crippen LogP) is 3.98. The van der Waals surface area contributed by atoms with Gasteiger partial charge in [-0.3, -0.25) is 4.79 Å². The number of carbonyl (C=O) groups excluding carboxylic acids is 1. The van der Waals surface area contributed by atoms with Gasteiger partial charge in [0.05, 0.1) is 14.2 Å². The molecule has 2 aliphatic rings. The van der Waals surface area contributed by atoms with Crippen LogP contribution in [-0.2, 0) is 4.79 Å². The maximum absolute atomic E-state index is 13.0. The maximum atomic E-state index is 13.0. The van der Waals surface area contributed by atoms with Crippen LogP contribution in [0.15, 0.2) is 59.8 Å². The Balaban J connectivity index is 1.67. The molecule has 0 fully saturated rings. The smallest absolute Gasteiger partial charge is 0.226 e. The van der Waals surface area contributed by atoms with E-state index in [0.29, 0.717) is 18.2 Å². The van der Waals surface area contributed by atoms with Crippen LogP contribution >= 0.6 is 0 Å². The molecule has 0 radical (unpaired) electrons. The lowest BCUT2D eigenvalue weighted by Crippen LogP contribution is -2.31. The number of benzene rings is 2. The number of ketones is 1. The van der Waals surface area contributed by atoms with E-state index in [9.17, 15) is 4.79 Å². The van der Waals surface area contributed by atoms with Gasteiger partial charge < -0.3 is 14.8 Å². The summed E-state index contributed by atoms with van der Waals surface area (Å²) in [6.45, 7) is 0. The van der Waals surface area contributed by atoms with E-state index in [2.05, 4.69) is 5.32 Å². The SMILES string of the molecule is COc1ccc(-c2nc3n(n2)[C@@H](c2ccccc2OC)C2=C(CCCC2=O)N3)cc1. The van der Waals surface area contributed by atoms with Crippen molar-refractivity contribution >= 4 is 11.7 Å². The summed E-state index contributed by atoms with van der Waals surface area (Å²) in [6, 6.07) is 15.0. The van der Waals surface area contributed by atoms with Gasteiger partial charge in [-0.15, -0.1) is 5.10 Å². The number of hydrogen-bond donors (Lipinski definition) is 1. The molecule has 2 aromatic carbocycles. The van der Waals surface area contributed by atoms with Crippen LogP contribution in [0.3, 0.4) is 0 Å². The summed E-state index contributed by atoms with van der Waals surface area (Å²) in [4.78, 5) is 17.7. The number of carbonyl (C=O) groups is 1. The molecule has 152 valence electrons. The first-order valence-corrected chi connectivity index (χ1v) is 9.96. The van der Waals surface area contributed by atoms with E-state index < -0.39 is 0 Å². The molecule has 7 heteroatoms. The fourth-order valence-electron chi connectivity index (χ4n) is 4.20. The molecule has 1 atom stereocenters. The van der Waals surface area contributed by atoms with Gasteiger partial charge in [0.25, 0.3) is 0 Å². The molecule has 1 N–H and O–H groups in total. The molecule has 0 bridgehead atoms. The number of ether oxygens (including phenoxy) is 2. The minimum Gasteiger partial charge on any atom is -0.497 e. The van der Waals surface area contributed by atoms with E-state index in [1.165, 1.54) is 0 Å². The van der Waals surface area contributed by atoms with Crippen molar-refractivity contribution in [3.63, 3.8) is 0 Å². The maximum Gasteiger partial charge on any atom is 0.226 e. The van der Waals surface area contributed by atoms with Crippen LogP contribution in [0.4, 0.5) is 5.95 Å². The fourth-order valence-corrected chi connectivity index (χ4v) is 4.20. The second-order valence-electron chi connectivity index (χ2n) is 7.37. The van der Waals surface area contributed by atoms with Gasteiger partial charge in [-0.25, -0.2) is 4.68 Å². The summed E-state index contributed by atoms with van der Waals surface area (Å²) >= 11 is 0. The Bertz CT molecular complexity index is 1150. The van der Waals surface area contributed by atoms with Crippen molar-refractivity contribution in [3.05, 3.63) is 65.4 Å². The fraction of sp³-hybridized carbons (Fsp3) is 0.261. The number of Topliss-reactive ketones (excluding diaryl/α,β-unsaturated/α-hetero) is 1. The number of rotatable bonds is 4. The number of nitrogens with zero attached hydrogens (tertiary/aromatic N) is 3. The topological polar surface area (TPSA) is 78.3 Å².